The maximum atomic E-state index is 15.5. The molecule has 1 unspecified atom stereocenters. The zero-order valence-electron chi connectivity index (χ0n) is 47.3. The summed E-state index contributed by atoms with van der Waals surface area (Å²) < 4.78 is 43.0. The summed E-state index contributed by atoms with van der Waals surface area (Å²) in [7, 11) is 0. The second kappa shape index (κ2) is 17.9. The lowest BCUT2D eigenvalue weighted by Crippen LogP contribution is -2.45. The summed E-state index contributed by atoms with van der Waals surface area (Å²) in [4.78, 5) is 4.77. The number of allylic oxidation sites excluding steroid dienone is 5. The van der Waals surface area contributed by atoms with Crippen LogP contribution in [0.5, 0.6) is 0 Å². The molecule has 410 valence electrons. The normalized spacial score (nSPS) is 16.9. The summed E-state index contributed by atoms with van der Waals surface area (Å²) in [5.41, 5.74) is 18.8. The van der Waals surface area contributed by atoms with E-state index in [0.717, 1.165) is 71.9 Å². The van der Waals surface area contributed by atoms with Crippen LogP contribution in [0, 0.1) is 11.6 Å². The Morgan fingerprint density at radius 2 is 0.942 bits per heavy atom. The number of hydrogen-bond donors (Lipinski definition) is 0. The van der Waals surface area contributed by atoms with Gasteiger partial charge in [-0.15, -0.1) is 22.7 Å². The second-order valence-corrected chi connectivity index (χ2v) is 26.4. The molecule has 3 nitrogen and oxygen atoms in total. The van der Waals surface area contributed by atoms with Crippen molar-refractivity contribution in [1.29, 1.82) is 0 Å². The highest BCUT2D eigenvalue weighted by molar-refractivity contribution is 7.26. The van der Waals surface area contributed by atoms with Gasteiger partial charge in [-0.1, -0.05) is 179 Å². The Balaban J connectivity index is 0.989. The average Bonchev–Trinajstić information content (AvgIpc) is 1.43. The summed E-state index contributed by atoms with van der Waals surface area (Å²) in [5, 5.41) is 6.78. The van der Waals surface area contributed by atoms with Crippen molar-refractivity contribution in [3.05, 3.63) is 322 Å². The molecule has 0 bridgehead atoms. The highest BCUT2D eigenvalue weighted by Gasteiger charge is 2.60. The highest BCUT2D eigenvalue weighted by atomic mass is 32.1. The fourth-order valence-corrected chi connectivity index (χ4v) is 18.3. The molecular formula is C79H52F2N2OS2. The quantitative estimate of drug-likeness (QED) is 0.165. The van der Waals surface area contributed by atoms with E-state index in [9.17, 15) is 0 Å². The van der Waals surface area contributed by atoms with Crippen molar-refractivity contribution in [2.24, 2.45) is 0 Å². The number of fused-ring (bicyclic) bond motifs is 23. The van der Waals surface area contributed by atoms with Crippen LogP contribution in [0.4, 0.5) is 37.2 Å². The monoisotopic (exact) mass is 1150 g/mol. The SMILES string of the molecule is CC12CC(N(c3ccc(F)cc3)c3cccc4c3sc3ccccc34)=CC=C1C1=C(c3ccccc32)c2c(cc(N(c3ccc(F)cc3)c3cccc4c3sc3ccccc34)c3c2oc2ccccc23)C12c1ccccc1C(C)(C)c1ccccc12. The van der Waals surface area contributed by atoms with Crippen LogP contribution in [0.2, 0.25) is 0 Å². The average molecular weight is 1150 g/mol. The van der Waals surface area contributed by atoms with Crippen LogP contribution in [0.1, 0.15) is 71.7 Å². The first-order valence-corrected chi connectivity index (χ1v) is 31.1. The van der Waals surface area contributed by atoms with E-state index in [0.29, 0.717) is 6.42 Å². The van der Waals surface area contributed by atoms with E-state index in [1.807, 2.05) is 24.3 Å². The molecular weight excluding hydrogens is 1100 g/mol. The van der Waals surface area contributed by atoms with Gasteiger partial charge in [-0.05, 0) is 147 Å². The minimum Gasteiger partial charge on any atom is -0.455 e. The van der Waals surface area contributed by atoms with Crippen LogP contribution in [0.25, 0.3) is 67.9 Å². The lowest BCUT2D eigenvalue weighted by atomic mass is 9.51. The molecule has 18 rings (SSSR count). The number of halogens is 2. The van der Waals surface area contributed by atoms with Gasteiger partial charge in [0.25, 0.3) is 0 Å². The van der Waals surface area contributed by atoms with Crippen LogP contribution < -0.4 is 9.80 Å². The Bertz CT molecular complexity index is 5320. The Hall–Kier alpha value is -9.66. The van der Waals surface area contributed by atoms with Crippen molar-refractivity contribution in [3.8, 4) is 0 Å². The first-order valence-electron chi connectivity index (χ1n) is 29.5. The van der Waals surface area contributed by atoms with Gasteiger partial charge in [0.2, 0.25) is 0 Å². The number of thiophene rings is 2. The van der Waals surface area contributed by atoms with Gasteiger partial charge >= 0.3 is 0 Å². The molecule has 0 saturated heterocycles. The van der Waals surface area contributed by atoms with Gasteiger partial charge in [-0.3, -0.25) is 0 Å². The van der Waals surface area contributed by atoms with E-state index in [2.05, 4.69) is 231 Å². The van der Waals surface area contributed by atoms with Crippen LogP contribution in [-0.2, 0) is 16.2 Å². The van der Waals surface area contributed by atoms with Crippen molar-refractivity contribution < 1.29 is 13.2 Å². The largest absolute Gasteiger partial charge is 0.455 e. The molecule has 3 aromatic heterocycles. The van der Waals surface area contributed by atoms with E-state index in [4.69, 9.17) is 4.42 Å². The van der Waals surface area contributed by atoms with Crippen LogP contribution in [-0.4, -0.2) is 0 Å². The van der Waals surface area contributed by atoms with Crippen LogP contribution >= 0.6 is 22.7 Å². The fraction of sp³-hybridized carbons (Fsp3) is 0.0886. The third kappa shape index (κ3) is 6.59. The molecule has 0 aliphatic heterocycles. The topological polar surface area (TPSA) is 19.6 Å². The Labute approximate surface area is 503 Å². The molecule has 4 aliphatic rings. The second-order valence-electron chi connectivity index (χ2n) is 24.3. The predicted octanol–water partition coefficient (Wildman–Crippen LogP) is 22.2. The first kappa shape index (κ1) is 49.7. The lowest BCUT2D eigenvalue weighted by molar-refractivity contribution is 0.510. The molecule has 1 atom stereocenters. The molecule has 0 fully saturated rings. The summed E-state index contributed by atoms with van der Waals surface area (Å²) in [5.74, 6) is -0.573. The van der Waals surface area contributed by atoms with Gasteiger partial charge < -0.3 is 14.2 Å². The van der Waals surface area contributed by atoms with Crippen molar-refractivity contribution in [2.45, 2.75) is 43.4 Å². The summed E-state index contributed by atoms with van der Waals surface area (Å²) in [6, 6.07) is 83.0. The van der Waals surface area contributed by atoms with Crippen LogP contribution in [0.15, 0.2) is 270 Å². The molecule has 4 aliphatic carbocycles. The Morgan fingerprint density at radius 1 is 0.442 bits per heavy atom. The first-order chi connectivity index (χ1) is 42.1. The number of hydrogen-bond acceptors (Lipinski definition) is 5. The molecule has 11 aromatic carbocycles. The predicted molar refractivity (Wildman–Crippen MR) is 355 cm³/mol. The minimum atomic E-state index is -0.904. The molecule has 0 saturated carbocycles. The number of rotatable bonds is 6. The van der Waals surface area contributed by atoms with Crippen molar-refractivity contribution in [1.82, 2.24) is 0 Å². The van der Waals surface area contributed by atoms with E-state index in [1.165, 1.54) is 85.7 Å². The van der Waals surface area contributed by atoms with Gasteiger partial charge in [0.15, 0.2) is 0 Å². The van der Waals surface area contributed by atoms with Gasteiger partial charge in [0.1, 0.15) is 22.8 Å². The third-order valence-corrected chi connectivity index (χ3v) is 21.9. The maximum Gasteiger partial charge on any atom is 0.145 e. The van der Waals surface area contributed by atoms with Gasteiger partial charge in [0.05, 0.1) is 37.3 Å². The van der Waals surface area contributed by atoms with E-state index < -0.39 is 10.8 Å². The molecule has 14 aromatic rings. The molecule has 3 heterocycles. The number of benzene rings is 11. The summed E-state index contributed by atoms with van der Waals surface area (Å²) in [6.45, 7) is 7.23. The van der Waals surface area contributed by atoms with Gasteiger partial charge in [-0.2, -0.15) is 0 Å². The summed E-state index contributed by atoms with van der Waals surface area (Å²) >= 11 is 3.60. The van der Waals surface area contributed by atoms with E-state index >= 15 is 8.78 Å². The number of anilines is 5. The smallest absolute Gasteiger partial charge is 0.145 e. The molecule has 0 N–H and O–H groups in total. The third-order valence-electron chi connectivity index (χ3n) is 19.5. The minimum absolute atomic E-state index is 0.275. The summed E-state index contributed by atoms with van der Waals surface area (Å²) in [6.07, 6.45) is 5.43. The highest BCUT2D eigenvalue weighted by Crippen LogP contribution is 2.70. The van der Waals surface area contributed by atoms with E-state index in [-0.39, 0.29) is 17.0 Å². The zero-order valence-corrected chi connectivity index (χ0v) is 48.9. The molecule has 0 amide bonds. The van der Waals surface area contributed by atoms with E-state index in [1.54, 1.807) is 46.9 Å². The van der Waals surface area contributed by atoms with Crippen molar-refractivity contribution in [3.63, 3.8) is 0 Å². The fourth-order valence-electron chi connectivity index (χ4n) is 15.9. The molecule has 7 heteroatoms. The number of nitrogens with zero attached hydrogens (tertiary/aromatic N) is 2. The number of furan rings is 1. The Morgan fingerprint density at radius 3 is 1.56 bits per heavy atom. The molecule has 86 heavy (non-hydrogen) atoms. The van der Waals surface area contributed by atoms with Crippen molar-refractivity contribution >= 4 is 119 Å². The van der Waals surface area contributed by atoms with Crippen LogP contribution in [0.3, 0.4) is 0 Å². The lowest BCUT2D eigenvalue weighted by Gasteiger charge is -2.51. The standard InChI is InChI=1S/C79H52F2N2OS2/c1-77(2)58-25-9-11-27-60(58)79(61-28-12-10-26-59(61)77)63-44-66(83(49-40-36-47(81)37-41-49)65-30-17-23-54-52-19-7-15-33-69(52)86-76(54)65)70-56-21-5-13-31-67(56)84-74(70)72(63)71-55-20-4-8-24-57(55)78(3)45-50(42-43-62(78)73(71)79)82(48-38-34-46(80)35-39-48)64-29-16-22-53-51-18-6-14-32-68(51)85-75(53)64/h4-44H,45H2,1-3H3. The van der Waals surface area contributed by atoms with Gasteiger partial charge in [-0.25, -0.2) is 8.78 Å². The maximum absolute atomic E-state index is 15.5. The molecule has 1 spiro atoms. The number of para-hydroxylation sites is 1. The van der Waals surface area contributed by atoms with Gasteiger partial charge in [0, 0.05) is 76.2 Å². The van der Waals surface area contributed by atoms with Crippen molar-refractivity contribution in [2.75, 3.05) is 9.80 Å². The zero-order chi connectivity index (χ0) is 57.4. The Kier molecular flexibility index (Phi) is 10.4. The molecule has 0 radical (unpaired) electrons.